The highest BCUT2D eigenvalue weighted by Crippen LogP contribution is 2.38. The van der Waals surface area contributed by atoms with Crippen LogP contribution in [0, 0.1) is 6.92 Å². The number of hydrogen-bond donors (Lipinski definition) is 1. The Morgan fingerprint density at radius 2 is 2.25 bits per heavy atom. The lowest BCUT2D eigenvalue weighted by atomic mass is 9.95. The Bertz CT molecular complexity index is 392. The van der Waals surface area contributed by atoms with Crippen molar-refractivity contribution in [2.75, 3.05) is 6.54 Å². The van der Waals surface area contributed by atoms with Crippen LogP contribution in [0.15, 0.2) is 12.1 Å². The molecule has 1 aliphatic heterocycles. The molecule has 0 saturated carbocycles. The van der Waals surface area contributed by atoms with E-state index in [0.717, 1.165) is 29.3 Å². The zero-order valence-electron chi connectivity index (χ0n) is 10.0. The molecule has 2 rings (SSSR count). The molecule has 1 aromatic rings. The molecular formula is C13H18ClNO. The number of ether oxygens (including phenoxy) is 1. The fraction of sp³-hybridized carbons (Fsp3) is 0.538. The van der Waals surface area contributed by atoms with Crippen LogP contribution < -0.4 is 10.1 Å². The minimum Gasteiger partial charge on any atom is -0.490 e. The van der Waals surface area contributed by atoms with Crippen molar-refractivity contribution in [1.29, 1.82) is 0 Å². The summed E-state index contributed by atoms with van der Waals surface area (Å²) in [7, 11) is 0. The molecule has 1 aliphatic rings. The van der Waals surface area contributed by atoms with E-state index in [2.05, 4.69) is 19.2 Å². The average Bonchev–Trinajstić information content (AvgIpc) is 2.20. The molecule has 2 nitrogen and oxygen atoms in total. The second-order valence-corrected chi connectivity index (χ2v) is 4.85. The van der Waals surface area contributed by atoms with Crippen LogP contribution in [0.1, 0.15) is 37.4 Å². The zero-order valence-corrected chi connectivity index (χ0v) is 10.8. The minimum absolute atomic E-state index is 0.261. The van der Waals surface area contributed by atoms with Crippen molar-refractivity contribution in [2.24, 2.45) is 0 Å². The third-order valence-electron chi connectivity index (χ3n) is 2.98. The van der Waals surface area contributed by atoms with E-state index in [1.807, 2.05) is 19.1 Å². The Hall–Kier alpha value is -0.730. The predicted octanol–water partition coefficient (Wildman–Crippen LogP) is 3.47. The van der Waals surface area contributed by atoms with Crippen LogP contribution in [0.4, 0.5) is 0 Å². The van der Waals surface area contributed by atoms with E-state index in [1.54, 1.807) is 0 Å². The third kappa shape index (κ3) is 2.18. The maximum atomic E-state index is 6.10. The predicted molar refractivity (Wildman–Crippen MR) is 67.3 cm³/mol. The molecule has 88 valence electrons. The third-order valence-corrected chi connectivity index (χ3v) is 3.20. The number of benzene rings is 1. The lowest BCUT2D eigenvalue weighted by Crippen LogP contribution is -2.31. The van der Waals surface area contributed by atoms with Crippen molar-refractivity contribution >= 4 is 11.6 Å². The van der Waals surface area contributed by atoms with E-state index in [4.69, 9.17) is 16.3 Å². The molecule has 0 fully saturated rings. The number of aryl methyl sites for hydroxylation is 1. The van der Waals surface area contributed by atoms with E-state index in [0.29, 0.717) is 6.04 Å². The number of nitrogens with one attached hydrogen (secondary N) is 1. The van der Waals surface area contributed by atoms with Gasteiger partial charge in [-0.2, -0.15) is 0 Å². The van der Waals surface area contributed by atoms with E-state index < -0.39 is 0 Å². The quantitative estimate of drug-likeness (QED) is 0.853. The van der Waals surface area contributed by atoms with E-state index in [9.17, 15) is 0 Å². The van der Waals surface area contributed by atoms with Gasteiger partial charge in [0, 0.05) is 23.0 Å². The van der Waals surface area contributed by atoms with Gasteiger partial charge in [-0.25, -0.2) is 0 Å². The summed E-state index contributed by atoms with van der Waals surface area (Å²) in [5.41, 5.74) is 2.32. The lowest BCUT2D eigenvalue weighted by Gasteiger charge is -2.32. The molecule has 0 aromatic heterocycles. The summed E-state index contributed by atoms with van der Waals surface area (Å²) in [6.07, 6.45) is 1.26. The van der Waals surface area contributed by atoms with Gasteiger partial charge in [0.1, 0.15) is 5.75 Å². The topological polar surface area (TPSA) is 21.3 Å². The summed E-state index contributed by atoms with van der Waals surface area (Å²) < 4.78 is 5.90. The van der Waals surface area contributed by atoms with Gasteiger partial charge < -0.3 is 10.1 Å². The molecule has 0 spiro atoms. The van der Waals surface area contributed by atoms with Crippen LogP contribution in [0.3, 0.4) is 0 Å². The van der Waals surface area contributed by atoms with Crippen LogP contribution in [-0.4, -0.2) is 12.6 Å². The fourth-order valence-corrected chi connectivity index (χ4v) is 2.60. The molecule has 1 heterocycles. The number of halogens is 1. The summed E-state index contributed by atoms with van der Waals surface area (Å²) >= 11 is 6.10. The van der Waals surface area contributed by atoms with Gasteiger partial charge in [0.05, 0.1) is 6.10 Å². The van der Waals surface area contributed by atoms with Gasteiger partial charge in [0.2, 0.25) is 0 Å². The van der Waals surface area contributed by atoms with Crippen molar-refractivity contribution in [1.82, 2.24) is 5.32 Å². The molecule has 1 N–H and O–H groups in total. The molecule has 1 aromatic carbocycles. The summed E-state index contributed by atoms with van der Waals surface area (Å²) in [5, 5.41) is 4.28. The van der Waals surface area contributed by atoms with Gasteiger partial charge >= 0.3 is 0 Å². The maximum absolute atomic E-state index is 6.10. The molecular weight excluding hydrogens is 222 g/mol. The first kappa shape index (κ1) is 11.7. The van der Waals surface area contributed by atoms with Gasteiger partial charge in [-0.3, -0.25) is 0 Å². The number of hydrogen-bond acceptors (Lipinski definition) is 2. The molecule has 0 aliphatic carbocycles. The maximum Gasteiger partial charge on any atom is 0.127 e. The standard InChI is InChI=1S/C13H18ClNO/c1-4-15-12-6-9(3)16-13-8(2)5-10(14)7-11(12)13/h5,7,9,12,15H,4,6H2,1-3H3. The van der Waals surface area contributed by atoms with E-state index in [1.165, 1.54) is 5.56 Å². The van der Waals surface area contributed by atoms with E-state index in [-0.39, 0.29) is 6.10 Å². The summed E-state index contributed by atoms with van der Waals surface area (Å²) in [4.78, 5) is 0. The summed E-state index contributed by atoms with van der Waals surface area (Å²) in [6, 6.07) is 4.34. The first-order valence-corrected chi connectivity index (χ1v) is 6.19. The first-order chi connectivity index (χ1) is 7.61. The van der Waals surface area contributed by atoms with Crippen molar-refractivity contribution in [2.45, 2.75) is 39.3 Å². The van der Waals surface area contributed by atoms with Gasteiger partial charge in [0.15, 0.2) is 0 Å². The van der Waals surface area contributed by atoms with Gasteiger partial charge in [-0.1, -0.05) is 18.5 Å². The Morgan fingerprint density at radius 1 is 1.50 bits per heavy atom. The Balaban J connectivity index is 2.43. The second kappa shape index (κ2) is 4.64. The fourth-order valence-electron chi connectivity index (χ4n) is 2.32. The van der Waals surface area contributed by atoms with Crippen LogP contribution in [-0.2, 0) is 0 Å². The Morgan fingerprint density at radius 3 is 2.94 bits per heavy atom. The molecule has 0 saturated heterocycles. The monoisotopic (exact) mass is 239 g/mol. The van der Waals surface area contributed by atoms with Crippen LogP contribution in [0.25, 0.3) is 0 Å². The number of rotatable bonds is 2. The SMILES string of the molecule is CCNC1CC(C)Oc2c(C)cc(Cl)cc21. The highest BCUT2D eigenvalue weighted by molar-refractivity contribution is 6.30. The molecule has 16 heavy (non-hydrogen) atoms. The highest BCUT2D eigenvalue weighted by atomic mass is 35.5. The smallest absolute Gasteiger partial charge is 0.127 e. The minimum atomic E-state index is 0.261. The first-order valence-electron chi connectivity index (χ1n) is 5.82. The normalized spacial score (nSPS) is 23.8. The molecule has 0 radical (unpaired) electrons. The largest absolute Gasteiger partial charge is 0.490 e. The number of fused-ring (bicyclic) bond motifs is 1. The average molecular weight is 240 g/mol. The molecule has 2 atom stereocenters. The molecule has 2 unspecified atom stereocenters. The lowest BCUT2D eigenvalue weighted by molar-refractivity contribution is 0.166. The van der Waals surface area contributed by atoms with Crippen LogP contribution in [0.2, 0.25) is 5.02 Å². The van der Waals surface area contributed by atoms with Crippen molar-refractivity contribution < 1.29 is 4.74 Å². The van der Waals surface area contributed by atoms with Crippen molar-refractivity contribution in [3.05, 3.63) is 28.3 Å². The summed E-state index contributed by atoms with van der Waals surface area (Å²) in [6.45, 7) is 7.24. The van der Waals surface area contributed by atoms with Crippen molar-refractivity contribution in [3.8, 4) is 5.75 Å². The van der Waals surface area contributed by atoms with Crippen molar-refractivity contribution in [3.63, 3.8) is 0 Å². The van der Waals surface area contributed by atoms with Gasteiger partial charge in [-0.05, 0) is 38.1 Å². The van der Waals surface area contributed by atoms with Gasteiger partial charge in [-0.15, -0.1) is 0 Å². The molecule has 0 bridgehead atoms. The van der Waals surface area contributed by atoms with Gasteiger partial charge in [0.25, 0.3) is 0 Å². The zero-order chi connectivity index (χ0) is 11.7. The van der Waals surface area contributed by atoms with Crippen LogP contribution in [0.5, 0.6) is 5.75 Å². The molecule has 3 heteroatoms. The second-order valence-electron chi connectivity index (χ2n) is 4.42. The van der Waals surface area contributed by atoms with Crippen LogP contribution >= 0.6 is 11.6 Å². The highest BCUT2D eigenvalue weighted by Gasteiger charge is 2.26. The molecule has 0 amide bonds. The Kier molecular flexibility index (Phi) is 3.41. The summed E-state index contributed by atoms with van der Waals surface area (Å²) in [5.74, 6) is 1.01. The van der Waals surface area contributed by atoms with E-state index >= 15 is 0 Å². The Labute approximate surface area is 102 Å².